The zero-order valence-corrected chi connectivity index (χ0v) is 10.5. The molecule has 0 saturated carbocycles. The Labute approximate surface area is 101 Å². The molecule has 5 nitrogen and oxygen atoms in total. The van der Waals surface area contributed by atoms with E-state index in [1.165, 1.54) is 6.42 Å². The molecule has 0 aliphatic carbocycles. The van der Waals surface area contributed by atoms with Gasteiger partial charge >= 0.3 is 0 Å². The van der Waals surface area contributed by atoms with Gasteiger partial charge in [0, 0.05) is 17.7 Å². The first kappa shape index (κ1) is 12.1. The van der Waals surface area contributed by atoms with Crippen LogP contribution in [0, 0.1) is 19.8 Å². The number of nitrogens with zero attached hydrogens (tertiary/aromatic N) is 1. The van der Waals surface area contributed by atoms with Crippen LogP contribution in [0.4, 0.5) is 5.82 Å². The van der Waals surface area contributed by atoms with E-state index in [4.69, 9.17) is 0 Å². The van der Waals surface area contributed by atoms with Crippen molar-refractivity contribution >= 4 is 11.7 Å². The first-order chi connectivity index (χ1) is 8.16. The van der Waals surface area contributed by atoms with E-state index in [2.05, 4.69) is 20.8 Å². The van der Waals surface area contributed by atoms with Crippen LogP contribution in [0.5, 0.6) is 0 Å². The zero-order valence-electron chi connectivity index (χ0n) is 10.5. The highest BCUT2D eigenvalue weighted by molar-refractivity contribution is 5.90. The van der Waals surface area contributed by atoms with E-state index in [0.717, 1.165) is 30.8 Å². The summed E-state index contributed by atoms with van der Waals surface area (Å²) in [5.74, 6) is 1.38. The molecule has 1 saturated heterocycles. The SMILES string of the molecule is Cc1[nH]nc(NC(=O)CCC2CCNC2)c1C. The van der Waals surface area contributed by atoms with Crippen LogP contribution in [-0.4, -0.2) is 29.2 Å². The van der Waals surface area contributed by atoms with Crippen LogP contribution in [0.15, 0.2) is 0 Å². The van der Waals surface area contributed by atoms with E-state index in [0.29, 0.717) is 18.2 Å². The van der Waals surface area contributed by atoms with Crippen molar-refractivity contribution in [1.29, 1.82) is 0 Å². The van der Waals surface area contributed by atoms with Crippen LogP contribution in [0.2, 0.25) is 0 Å². The summed E-state index contributed by atoms with van der Waals surface area (Å²) in [6.07, 6.45) is 2.73. The molecule has 1 aromatic heterocycles. The molecule has 1 aromatic rings. The van der Waals surface area contributed by atoms with E-state index in [1.807, 2.05) is 13.8 Å². The predicted octanol–water partition coefficient (Wildman–Crippen LogP) is 1.35. The molecule has 3 N–H and O–H groups in total. The van der Waals surface area contributed by atoms with Crippen molar-refractivity contribution in [2.45, 2.75) is 33.1 Å². The lowest BCUT2D eigenvalue weighted by molar-refractivity contribution is -0.116. The Balaban J connectivity index is 1.78. The van der Waals surface area contributed by atoms with Crippen LogP contribution in [0.1, 0.15) is 30.5 Å². The summed E-state index contributed by atoms with van der Waals surface area (Å²) in [7, 11) is 0. The van der Waals surface area contributed by atoms with Gasteiger partial charge in [-0.15, -0.1) is 0 Å². The molecule has 94 valence electrons. The van der Waals surface area contributed by atoms with Crippen molar-refractivity contribution < 1.29 is 4.79 Å². The lowest BCUT2D eigenvalue weighted by Crippen LogP contribution is -2.15. The predicted molar refractivity (Wildman–Crippen MR) is 66.9 cm³/mol. The quantitative estimate of drug-likeness (QED) is 0.739. The molecule has 1 fully saturated rings. The van der Waals surface area contributed by atoms with Gasteiger partial charge < -0.3 is 10.6 Å². The molecular formula is C12H20N4O. The van der Waals surface area contributed by atoms with Gasteiger partial charge in [0.2, 0.25) is 5.91 Å². The molecule has 2 rings (SSSR count). The molecule has 1 aliphatic rings. The minimum Gasteiger partial charge on any atom is -0.316 e. The fourth-order valence-corrected chi connectivity index (χ4v) is 2.10. The number of H-pyrrole nitrogens is 1. The van der Waals surface area contributed by atoms with Gasteiger partial charge in [-0.3, -0.25) is 9.89 Å². The topological polar surface area (TPSA) is 69.8 Å². The number of amides is 1. The number of nitrogens with one attached hydrogen (secondary N) is 3. The average molecular weight is 236 g/mol. The smallest absolute Gasteiger partial charge is 0.225 e. The molecule has 1 aliphatic heterocycles. The second-order valence-electron chi connectivity index (χ2n) is 4.77. The number of aromatic nitrogens is 2. The van der Waals surface area contributed by atoms with E-state index in [1.54, 1.807) is 0 Å². The van der Waals surface area contributed by atoms with Gasteiger partial charge in [0.15, 0.2) is 5.82 Å². The molecule has 1 amide bonds. The van der Waals surface area contributed by atoms with Crippen molar-refractivity contribution in [2.24, 2.45) is 5.92 Å². The van der Waals surface area contributed by atoms with Gasteiger partial charge in [0.1, 0.15) is 0 Å². The maximum absolute atomic E-state index is 11.7. The van der Waals surface area contributed by atoms with Gasteiger partial charge in [-0.25, -0.2) is 0 Å². The van der Waals surface area contributed by atoms with E-state index in [-0.39, 0.29) is 5.91 Å². The third kappa shape index (κ3) is 3.06. The number of carbonyl (C=O) groups is 1. The summed E-state index contributed by atoms with van der Waals surface area (Å²) in [5, 5.41) is 13.1. The van der Waals surface area contributed by atoms with Crippen LogP contribution >= 0.6 is 0 Å². The third-order valence-corrected chi connectivity index (χ3v) is 3.45. The Morgan fingerprint density at radius 3 is 2.94 bits per heavy atom. The van der Waals surface area contributed by atoms with Gasteiger partial charge in [0.25, 0.3) is 0 Å². The first-order valence-corrected chi connectivity index (χ1v) is 6.19. The molecule has 0 spiro atoms. The number of hydrogen-bond acceptors (Lipinski definition) is 3. The van der Waals surface area contributed by atoms with E-state index in [9.17, 15) is 4.79 Å². The molecule has 0 aromatic carbocycles. The van der Waals surface area contributed by atoms with Crippen molar-refractivity contribution in [3.05, 3.63) is 11.3 Å². The normalized spacial score (nSPS) is 19.5. The molecule has 0 radical (unpaired) electrons. The largest absolute Gasteiger partial charge is 0.316 e. The Hall–Kier alpha value is -1.36. The molecule has 17 heavy (non-hydrogen) atoms. The first-order valence-electron chi connectivity index (χ1n) is 6.19. The maximum Gasteiger partial charge on any atom is 0.225 e. The summed E-state index contributed by atoms with van der Waals surface area (Å²) in [6.45, 7) is 6.04. The standard InChI is InChI=1S/C12H20N4O/c1-8-9(2)15-16-12(8)14-11(17)4-3-10-5-6-13-7-10/h10,13H,3-7H2,1-2H3,(H2,14,15,16,17). The highest BCUT2D eigenvalue weighted by atomic mass is 16.1. The van der Waals surface area contributed by atoms with Gasteiger partial charge in [0.05, 0.1) is 0 Å². The van der Waals surface area contributed by atoms with Gasteiger partial charge in [-0.2, -0.15) is 5.10 Å². The third-order valence-electron chi connectivity index (χ3n) is 3.45. The fourth-order valence-electron chi connectivity index (χ4n) is 2.10. The van der Waals surface area contributed by atoms with Crippen LogP contribution in [0.3, 0.4) is 0 Å². The van der Waals surface area contributed by atoms with Crippen LogP contribution in [-0.2, 0) is 4.79 Å². The summed E-state index contributed by atoms with van der Waals surface area (Å²) in [4.78, 5) is 11.7. The Morgan fingerprint density at radius 1 is 1.53 bits per heavy atom. The Bertz CT molecular complexity index is 393. The molecule has 2 heterocycles. The molecular weight excluding hydrogens is 216 g/mol. The van der Waals surface area contributed by atoms with Crippen molar-refractivity contribution in [3.8, 4) is 0 Å². The Morgan fingerprint density at radius 2 is 2.35 bits per heavy atom. The highest BCUT2D eigenvalue weighted by Gasteiger charge is 2.16. The lowest BCUT2D eigenvalue weighted by Gasteiger charge is -2.07. The summed E-state index contributed by atoms with van der Waals surface area (Å²) < 4.78 is 0. The number of aromatic amines is 1. The second kappa shape index (κ2) is 5.31. The highest BCUT2D eigenvalue weighted by Crippen LogP contribution is 2.17. The maximum atomic E-state index is 11.7. The average Bonchev–Trinajstić information content (AvgIpc) is 2.92. The van der Waals surface area contributed by atoms with Crippen molar-refractivity contribution in [1.82, 2.24) is 15.5 Å². The zero-order chi connectivity index (χ0) is 12.3. The minimum absolute atomic E-state index is 0.0616. The van der Waals surface area contributed by atoms with Crippen LogP contribution in [0.25, 0.3) is 0 Å². The van der Waals surface area contributed by atoms with Gasteiger partial charge in [-0.1, -0.05) is 0 Å². The monoisotopic (exact) mass is 236 g/mol. The summed E-state index contributed by atoms with van der Waals surface area (Å²) >= 11 is 0. The summed E-state index contributed by atoms with van der Waals surface area (Å²) in [6, 6.07) is 0. The fraction of sp³-hybridized carbons (Fsp3) is 0.667. The second-order valence-corrected chi connectivity index (χ2v) is 4.77. The number of rotatable bonds is 4. The molecule has 1 unspecified atom stereocenters. The van der Waals surface area contributed by atoms with Crippen molar-refractivity contribution in [3.63, 3.8) is 0 Å². The van der Waals surface area contributed by atoms with E-state index >= 15 is 0 Å². The number of carbonyl (C=O) groups excluding carboxylic acids is 1. The molecule has 0 bridgehead atoms. The lowest BCUT2D eigenvalue weighted by atomic mass is 10.0. The van der Waals surface area contributed by atoms with Gasteiger partial charge in [-0.05, 0) is 45.7 Å². The van der Waals surface area contributed by atoms with Crippen molar-refractivity contribution in [2.75, 3.05) is 18.4 Å². The molecule has 5 heteroatoms. The number of anilines is 1. The summed E-state index contributed by atoms with van der Waals surface area (Å²) in [5.41, 5.74) is 2.01. The molecule has 1 atom stereocenters. The van der Waals surface area contributed by atoms with E-state index < -0.39 is 0 Å². The minimum atomic E-state index is 0.0616. The van der Waals surface area contributed by atoms with Crippen LogP contribution < -0.4 is 10.6 Å². The number of aryl methyl sites for hydroxylation is 1. The number of hydrogen-bond donors (Lipinski definition) is 3. The Kier molecular flexibility index (Phi) is 3.78.